The molecule has 0 aliphatic heterocycles. The molecule has 1 atom stereocenters. The Morgan fingerprint density at radius 3 is 2.87 bits per heavy atom. The Balaban J connectivity index is 2.78. The van der Waals surface area contributed by atoms with E-state index in [0.717, 1.165) is 0 Å². The second-order valence-electron chi connectivity index (χ2n) is 3.19. The van der Waals surface area contributed by atoms with Crippen LogP contribution < -0.4 is 5.32 Å². The van der Waals surface area contributed by atoms with Crippen LogP contribution in [-0.2, 0) is 0 Å². The summed E-state index contributed by atoms with van der Waals surface area (Å²) < 4.78 is 13.1. The van der Waals surface area contributed by atoms with Gasteiger partial charge in [-0.2, -0.15) is 0 Å². The fraction of sp³-hybridized carbons (Fsp3) is 0.300. The standard InChI is InChI=1S/C10H11BrFNO2/c1-6(5-14)13-10(15)7-2-3-9(12)8(11)4-7/h2-4,6,14H,5H2,1H3,(H,13,15). The minimum Gasteiger partial charge on any atom is -0.394 e. The number of aliphatic hydroxyl groups excluding tert-OH is 1. The lowest BCUT2D eigenvalue weighted by Crippen LogP contribution is -2.34. The maximum absolute atomic E-state index is 12.9. The van der Waals surface area contributed by atoms with Gasteiger partial charge in [0.2, 0.25) is 0 Å². The highest BCUT2D eigenvalue weighted by Gasteiger charge is 2.10. The van der Waals surface area contributed by atoms with Gasteiger partial charge in [-0.05, 0) is 41.1 Å². The molecule has 1 rings (SSSR count). The molecule has 2 N–H and O–H groups in total. The van der Waals surface area contributed by atoms with E-state index in [1.165, 1.54) is 18.2 Å². The van der Waals surface area contributed by atoms with E-state index in [-0.39, 0.29) is 23.0 Å². The third-order valence-electron chi connectivity index (χ3n) is 1.83. The third-order valence-corrected chi connectivity index (χ3v) is 2.44. The maximum atomic E-state index is 12.9. The van der Waals surface area contributed by atoms with Crippen LogP contribution in [0, 0.1) is 5.82 Å². The van der Waals surface area contributed by atoms with Crippen molar-refractivity contribution in [3.8, 4) is 0 Å². The fourth-order valence-corrected chi connectivity index (χ4v) is 1.37. The molecule has 1 unspecified atom stereocenters. The van der Waals surface area contributed by atoms with Gasteiger partial charge < -0.3 is 10.4 Å². The summed E-state index contributed by atoms with van der Waals surface area (Å²) in [6.07, 6.45) is 0. The van der Waals surface area contributed by atoms with Crippen molar-refractivity contribution in [2.45, 2.75) is 13.0 Å². The van der Waals surface area contributed by atoms with Gasteiger partial charge in [0.25, 0.3) is 5.91 Å². The third kappa shape index (κ3) is 3.28. The zero-order valence-corrected chi connectivity index (χ0v) is 9.71. The molecule has 0 fully saturated rings. The molecule has 0 radical (unpaired) electrons. The quantitative estimate of drug-likeness (QED) is 0.882. The minimum absolute atomic E-state index is 0.131. The summed E-state index contributed by atoms with van der Waals surface area (Å²) in [5.41, 5.74) is 0.351. The summed E-state index contributed by atoms with van der Waals surface area (Å²) in [5, 5.41) is 11.3. The Morgan fingerprint density at radius 1 is 1.67 bits per heavy atom. The summed E-state index contributed by atoms with van der Waals surface area (Å²) in [7, 11) is 0. The van der Waals surface area contributed by atoms with E-state index in [1.54, 1.807) is 6.92 Å². The van der Waals surface area contributed by atoms with Crippen molar-refractivity contribution >= 4 is 21.8 Å². The fourth-order valence-electron chi connectivity index (χ4n) is 0.990. The number of aliphatic hydroxyl groups is 1. The molecule has 1 amide bonds. The summed E-state index contributed by atoms with van der Waals surface area (Å²) in [4.78, 5) is 11.5. The second-order valence-corrected chi connectivity index (χ2v) is 4.04. The largest absolute Gasteiger partial charge is 0.394 e. The molecule has 82 valence electrons. The van der Waals surface area contributed by atoms with Gasteiger partial charge in [-0.3, -0.25) is 4.79 Å². The molecular formula is C10H11BrFNO2. The molecule has 0 heterocycles. The van der Waals surface area contributed by atoms with E-state index >= 15 is 0 Å². The van der Waals surface area contributed by atoms with Crippen LogP contribution in [0.15, 0.2) is 22.7 Å². The first-order valence-corrected chi connectivity index (χ1v) is 5.20. The van der Waals surface area contributed by atoms with Crippen LogP contribution in [0.4, 0.5) is 4.39 Å². The van der Waals surface area contributed by atoms with Crippen LogP contribution in [0.25, 0.3) is 0 Å². The highest BCUT2D eigenvalue weighted by atomic mass is 79.9. The van der Waals surface area contributed by atoms with Crippen molar-refractivity contribution in [2.75, 3.05) is 6.61 Å². The number of amides is 1. The molecule has 0 aromatic heterocycles. The van der Waals surface area contributed by atoms with Crippen molar-refractivity contribution in [3.05, 3.63) is 34.1 Å². The van der Waals surface area contributed by atoms with Crippen LogP contribution in [0.2, 0.25) is 0 Å². The number of rotatable bonds is 3. The molecule has 0 bridgehead atoms. The first-order chi connectivity index (χ1) is 7.04. The van der Waals surface area contributed by atoms with Gasteiger partial charge in [-0.1, -0.05) is 0 Å². The summed E-state index contributed by atoms with van der Waals surface area (Å²) in [6.45, 7) is 1.55. The van der Waals surface area contributed by atoms with Crippen molar-refractivity contribution in [1.29, 1.82) is 0 Å². The lowest BCUT2D eigenvalue weighted by molar-refractivity contribution is 0.0922. The molecule has 0 aliphatic rings. The molecule has 5 heteroatoms. The molecular weight excluding hydrogens is 265 g/mol. The maximum Gasteiger partial charge on any atom is 0.251 e. The van der Waals surface area contributed by atoms with Crippen LogP contribution in [0.5, 0.6) is 0 Å². The second kappa shape index (κ2) is 5.23. The van der Waals surface area contributed by atoms with Gasteiger partial charge in [-0.15, -0.1) is 0 Å². The Bertz CT molecular complexity index is 370. The average molecular weight is 276 g/mol. The number of nitrogens with one attached hydrogen (secondary N) is 1. The number of hydrogen-bond donors (Lipinski definition) is 2. The van der Waals surface area contributed by atoms with Crippen LogP contribution in [-0.4, -0.2) is 23.7 Å². The highest BCUT2D eigenvalue weighted by Crippen LogP contribution is 2.16. The zero-order valence-electron chi connectivity index (χ0n) is 8.13. The van der Waals surface area contributed by atoms with E-state index in [4.69, 9.17) is 5.11 Å². The van der Waals surface area contributed by atoms with E-state index in [2.05, 4.69) is 21.2 Å². The van der Waals surface area contributed by atoms with E-state index in [9.17, 15) is 9.18 Å². The zero-order chi connectivity index (χ0) is 11.4. The van der Waals surface area contributed by atoms with Gasteiger partial charge in [0.15, 0.2) is 0 Å². The minimum atomic E-state index is -0.415. The van der Waals surface area contributed by atoms with Crippen molar-refractivity contribution in [3.63, 3.8) is 0 Å². The van der Waals surface area contributed by atoms with Gasteiger partial charge in [0, 0.05) is 11.6 Å². The van der Waals surface area contributed by atoms with E-state index in [1.807, 2.05) is 0 Å². The van der Waals surface area contributed by atoms with Gasteiger partial charge >= 0.3 is 0 Å². The number of carbonyl (C=O) groups excluding carboxylic acids is 1. The predicted molar refractivity (Wildman–Crippen MR) is 58.1 cm³/mol. The number of carbonyl (C=O) groups is 1. The molecule has 0 saturated heterocycles. The van der Waals surface area contributed by atoms with Crippen molar-refractivity contribution in [2.24, 2.45) is 0 Å². The van der Waals surface area contributed by atoms with E-state index < -0.39 is 5.82 Å². The monoisotopic (exact) mass is 275 g/mol. The molecule has 1 aromatic carbocycles. The van der Waals surface area contributed by atoms with Crippen molar-refractivity contribution < 1.29 is 14.3 Å². The van der Waals surface area contributed by atoms with Gasteiger partial charge in [0.1, 0.15) is 5.82 Å². The lowest BCUT2D eigenvalue weighted by Gasteiger charge is -2.10. The number of halogens is 2. The molecule has 1 aromatic rings. The topological polar surface area (TPSA) is 49.3 Å². The molecule has 15 heavy (non-hydrogen) atoms. The highest BCUT2D eigenvalue weighted by molar-refractivity contribution is 9.10. The summed E-state index contributed by atoms with van der Waals surface area (Å²) >= 11 is 2.99. The SMILES string of the molecule is CC(CO)NC(=O)c1ccc(F)c(Br)c1. The number of benzene rings is 1. The first-order valence-electron chi connectivity index (χ1n) is 4.41. The van der Waals surface area contributed by atoms with Crippen LogP contribution in [0.3, 0.4) is 0 Å². The van der Waals surface area contributed by atoms with E-state index in [0.29, 0.717) is 5.56 Å². The van der Waals surface area contributed by atoms with Gasteiger partial charge in [-0.25, -0.2) is 4.39 Å². The summed E-state index contributed by atoms with van der Waals surface area (Å²) in [6, 6.07) is 3.68. The average Bonchev–Trinajstić information content (AvgIpc) is 2.21. The Hall–Kier alpha value is -0.940. The Labute approximate surface area is 95.4 Å². The van der Waals surface area contributed by atoms with Crippen LogP contribution in [0.1, 0.15) is 17.3 Å². The molecule has 0 spiro atoms. The van der Waals surface area contributed by atoms with Crippen LogP contribution >= 0.6 is 15.9 Å². The normalized spacial score (nSPS) is 12.3. The smallest absolute Gasteiger partial charge is 0.251 e. The first kappa shape index (κ1) is 12.1. The van der Waals surface area contributed by atoms with Gasteiger partial charge in [0.05, 0.1) is 11.1 Å². The number of hydrogen-bond acceptors (Lipinski definition) is 2. The Kier molecular flexibility index (Phi) is 4.23. The summed E-state index contributed by atoms with van der Waals surface area (Å²) in [5.74, 6) is -0.751. The molecule has 0 saturated carbocycles. The molecule has 0 aliphatic carbocycles. The Morgan fingerprint density at radius 2 is 2.33 bits per heavy atom. The lowest BCUT2D eigenvalue weighted by atomic mass is 10.2. The van der Waals surface area contributed by atoms with Crippen molar-refractivity contribution in [1.82, 2.24) is 5.32 Å². The predicted octanol–water partition coefficient (Wildman–Crippen LogP) is 1.70. The molecule has 3 nitrogen and oxygen atoms in total.